The Bertz CT molecular complexity index is 441. The highest BCUT2D eigenvalue weighted by Crippen LogP contribution is 2.30. The molecule has 2 aliphatic rings. The fourth-order valence-corrected chi connectivity index (χ4v) is 3.84. The molecule has 1 aromatic rings. The van der Waals surface area contributed by atoms with Crippen molar-refractivity contribution in [2.24, 2.45) is 0 Å². The maximum Gasteiger partial charge on any atom is 0.230 e. The first kappa shape index (κ1) is 13.2. The summed E-state index contributed by atoms with van der Waals surface area (Å²) in [7, 11) is 0. The van der Waals surface area contributed by atoms with Crippen molar-refractivity contribution in [2.45, 2.75) is 54.9 Å². The molecular formula is C12H18N4OS2. The number of rotatable bonds is 6. The molecule has 1 aromatic heterocycles. The number of anilines is 1. The molecule has 7 heteroatoms. The van der Waals surface area contributed by atoms with Crippen LogP contribution < -0.4 is 10.6 Å². The molecule has 5 nitrogen and oxygen atoms in total. The summed E-state index contributed by atoms with van der Waals surface area (Å²) in [6.07, 6.45) is 7.20. The van der Waals surface area contributed by atoms with Crippen LogP contribution in [0.3, 0.4) is 0 Å². The largest absolute Gasteiger partial charge is 0.357 e. The minimum atomic E-state index is 0.115. The highest BCUT2D eigenvalue weighted by atomic mass is 32.2. The third kappa shape index (κ3) is 4.07. The van der Waals surface area contributed by atoms with Crippen LogP contribution in [0.4, 0.5) is 5.13 Å². The van der Waals surface area contributed by atoms with Gasteiger partial charge in [0.2, 0.25) is 11.0 Å². The van der Waals surface area contributed by atoms with E-state index in [-0.39, 0.29) is 5.91 Å². The SMILES string of the molecule is O=C(CSc1nnc(NC2CC2)s1)NC1CCCC1. The first-order chi connectivity index (χ1) is 9.29. The third-order valence-electron chi connectivity index (χ3n) is 3.36. The molecule has 1 amide bonds. The zero-order valence-corrected chi connectivity index (χ0v) is 12.4. The van der Waals surface area contributed by atoms with Crippen LogP contribution in [0.5, 0.6) is 0 Å². The highest BCUT2D eigenvalue weighted by Gasteiger charge is 2.22. The molecule has 0 aliphatic heterocycles. The zero-order valence-electron chi connectivity index (χ0n) is 10.7. The van der Waals surface area contributed by atoms with Gasteiger partial charge in [0.1, 0.15) is 0 Å². The Kier molecular flexibility index (Phi) is 4.22. The standard InChI is InChI=1S/C12H18N4OS2/c17-10(13-8-3-1-2-4-8)7-18-12-16-15-11(19-12)14-9-5-6-9/h8-9H,1-7H2,(H,13,17)(H,14,15). The molecule has 1 heterocycles. The number of carbonyl (C=O) groups excluding carboxylic acids is 1. The molecule has 2 fully saturated rings. The van der Waals surface area contributed by atoms with Crippen molar-refractivity contribution >= 4 is 34.1 Å². The van der Waals surface area contributed by atoms with Crippen molar-refractivity contribution in [1.29, 1.82) is 0 Å². The second-order valence-electron chi connectivity index (χ2n) is 5.13. The van der Waals surface area contributed by atoms with E-state index in [1.54, 1.807) is 0 Å². The molecule has 0 atom stereocenters. The maximum atomic E-state index is 11.8. The predicted octanol–water partition coefficient (Wildman–Crippen LogP) is 2.26. The van der Waals surface area contributed by atoms with Crippen LogP contribution in [0.2, 0.25) is 0 Å². The van der Waals surface area contributed by atoms with E-state index >= 15 is 0 Å². The summed E-state index contributed by atoms with van der Waals surface area (Å²) in [6, 6.07) is 0.992. The molecule has 19 heavy (non-hydrogen) atoms. The number of aromatic nitrogens is 2. The van der Waals surface area contributed by atoms with Crippen LogP contribution in [-0.4, -0.2) is 33.9 Å². The maximum absolute atomic E-state index is 11.8. The molecule has 2 aliphatic carbocycles. The van der Waals surface area contributed by atoms with Crippen LogP contribution >= 0.6 is 23.1 Å². The van der Waals surface area contributed by atoms with Gasteiger partial charge >= 0.3 is 0 Å². The Morgan fingerprint density at radius 3 is 2.74 bits per heavy atom. The van der Waals surface area contributed by atoms with Crippen LogP contribution in [0, 0.1) is 0 Å². The second-order valence-corrected chi connectivity index (χ2v) is 7.33. The molecule has 104 valence electrons. The first-order valence-electron chi connectivity index (χ1n) is 6.82. The number of nitrogens with zero attached hydrogens (tertiary/aromatic N) is 2. The summed E-state index contributed by atoms with van der Waals surface area (Å²) in [5.74, 6) is 0.554. The van der Waals surface area contributed by atoms with Gasteiger partial charge in [0.15, 0.2) is 4.34 Å². The van der Waals surface area contributed by atoms with E-state index in [1.165, 1.54) is 48.8 Å². The lowest BCUT2D eigenvalue weighted by atomic mass is 10.2. The van der Waals surface area contributed by atoms with E-state index in [0.29, 0.717) is 17.8 Å². The number of hydrogen-bond donors (Lipinski definition) is 2. The lowest BCUT2D eigenvalue weighted by Gasteiger charge is -2.10. The summed E-state index contributed by atoms with van der Waals surface area (Å²) < 4.78 is 0.865. The quantitative estimate of drug-likeness (QED) is 0.789. The lowest BCUT2D eigenvalue weighted by Crippen LogP contribution is -2.33. The normalized spacial score (nSPS) is 19.6. The van der Waals surface area contributed by atoms with E-state index in [1.807, 2.05) is 0 Å². The summed E-state index contributed by atoms with van der Waals surface area (Å²) >= 11 is 3.01. The Morgan fingerprint density at radius 1 is 1.21 bits per heavy atom. The van der Waals surface area contributed by atoms with Gasteiger partial charge in [-0.2, -0.15) is 0 Å². The van der Waals surface area contributed by atoms with Crippen molar-refractivity contribution in [1.82, 2.24) is 15.5 Å². The molecule has 2 saturated carbocycles. The zero-order chi connectivity index (χ0) is 13.1. The highest BCUT2D eigenvalue weighted by molar-refractivity contribution is 8.01. The van der Waals surface area contributed by atoms with Crippen molar-refractivity contribution < 1.29 is 4.79 Å². The van der Waals surface area contributed by atoms with Gasteiger partial charge in [0, 0.05) is 12.1 Å². The Morgan fingerprint density at radius 2 is 2.00 bits per heavy atom. The van der Waals surface area contributed by atoms with Gasteiger partial charge in [0.25, 0.3) is 0 Å². The van der Waals surface area contributed by atoms with Crippen LogP contribution in [0.1, 0.15) is 38.5 Å². The summed E-state index contributed by atoms with van der Waals surface area (Å²) in [5, 5.41) is 15.4. The Labute approximate surface area is 121 Å². The van der Waals surface area contributed by atoms with E-state index < -0.39 is 0 Å². The smallest absolute Gasteiger partial charge is 0.230 e. The van der Waals surface area contributed by atoms with E-state index in [2.05, 4.69) is 20.8 Å². The molecule has 0 bridgehead atoms. The van der Waals surface area contributed by atoms with Gasteiger partial charge in [-0.15, -0.1) is 10.2 Å². The number of nitrogens with one attached hydrogen (secondary N) is 2. The van der Waals surface area contributed by atoms with E-state index in [4.69, 9.17) is 0 Å². The van der Waals surface area contributed by atoms with Gasteiger partial charge in [-0.1, -0.05) is 35.9 Å². The van der Waals surface area contributed by atoms with E-state index in [0.717, 1.165) is 22.3 Å². The monoisotopic (exact) mass is 298 g/mol. The Balaban J connectivity index is 1.40. The van der Waals surface area contributed by atoms with Crippen molar-refractivity contribution in [2.75, 3.05) is 11.1 Å². The predicted molar refractivity (Wildman–Crippen MR) is 77.7 cm³/mol. The number of amides is 1. The average Bonchev–Trinajstić information content (AvgIpc) is 2.89. The molecule has 0 saturated heterocycles. The summed E-state index contributed by atoms with van der Waals surface area (Å²) in [6.45, 7) is 0. The van der Waals surface area contributed by atoms with Gasteiger partial charge in [-0.25, -0.2) is 0 Å². The summed E-state index contributed by atoms with van der Waals surface area (Å²) in [5.41, 5.74) is 0. The summed E-state index contributed by atoms with van der Waals surface area (Å²) in [4.78, 5) is 11.8. The van der Waals surface area contributed by atoms with Crippen LogP contribution in [0.15, 0.2) is 4.34 Å². The third-order valence-corrected chi connectivity index (χ3v) is 5.35. The molecule has 0 unspecified atom stereocenters. The fourth-order valence-electron chi connectivity index (χ4n) is 2.20. The number of thioether (sulfide) groups is 1. The minimum absolute atomic E-state index is 0.115. The number of carbonyl (C=O) groups is 1. The van der Waals surface area contributed by atoms with Crippen molar-refractivity contribution in [3.8, 4) is 0 Å². The average molecular weight is 298 g/mol. The second kappa shape index (κ2) is 6.09. The molecule has 0 spiro atoms. The molecule has 0 aromatic carbocycles. The minimum Gasteiger partial charge on any atom is -0.357 e. The van der Waals surface area contributed by atoms with Gasteiger partial charge in [-0.3, -0.25) is 4.79 Å². The van der Waals surface area contributed by atoms with Crippen molar-refractivity contribution in [3.05, 3.63) is 0 Å². The van der Waals surface area contributed by atoms with Crippen molar-refractivity contribution in [3.63, 3.8) is 0 Å². The van der Waals surface area contributed by atoms with Crippen LogP contribution in [0.25, 0.3) is 0 Å². The lowest BCUT2D eigenvalue weighted by molar-refractivity contribution is -0.119. The Hall–Kier alpha value is -0.820. The molecular weight excluding hydrogens is 280 g/mol. The topological polar surface area (TPSA) is 66.9 Å². The molecule has 0 radical (unpaired) electrons. The molecule has 3 rings (SSSR count). The number of hydrogen-bond acceptors (Lipinski definition) is 6. The van der Waals surface area contributed by atoms with Gasteiger partial charge < -0.3 is 10.6 Å². The van der Waals surface area contributed by atoms with Gasteiger partial charge in [-0.05, 0) is 25.7 Å². The van der Waals surface area contributed by atoms with Crippen LogP contribution in [-0.2, 0) is 4.79 Å². The van der Waals surface area contributed by atoms with E-state index in [9.17, 15) is 4.79 Å². The molecule has 2 N–H and O–H groups in total. The van der Waals surface area contributed by atoms with Gasteiger partial charge in [0.05, 0.1) is 5.75 Å². The first-order valence-corrected chi connectivity index (χ1v) is 8.62. The fraction of sp³-hybridized carbons (Fsp3) is 0.750.